The smallest absolute Gasteiger partial charge is 0.0499 e. The summed E-state index contributed by atoms with van der Waals surface area (Å²) in [4.78, 5) is 2.51. The molecule has 2 atom stereocenters. The van der Waals surface area contributed by atoms with E-state index < -0.39 is 0 Å². The molecule has 1 rings (SSSR count). The molecular formula is C15H31NO. The van der Waals surface area contributed by atoms with E-state index in [9.17, 15) is 5.11 Å². The van der Waals surface area contributed by atoms with Crippen molar-refractivity contribution in [1.82, 2.24) is 4.90 Å². The molecule has 2 heteroatoms. The molecule has 0 aromatic carbocycles. The van der Waals surface area contributed by atoms with Crippen molar-refractivity contribution < 1.29 is 5.11 Å². The van der Waals surface area contributed by atoms with Gasteiger partial charge in [0.05, 0.1) is 0 Å². The molecule has 17 heavy (non-hydrogen) atoms. The van der Waals surface area contributed by atoms with E-state index in [1.807, 2.05) is 0 Å². The van der Waals surface area contributed by atoms with E-state index in [1.165, 1.54) is 25.7 Å². The Morgan fingerprint density at radius 1 is 1.24 bits per heavy atom. The van der Waals surface area contributed by atoms with Crippen LogP contribution in [0.25, 0.3) is 0 Å². The van der Waals surface area contributed by atoms with Crippen LogP contribution in [-0.2, 0) is 0 Å². The van der Waals surface area contributed by atoms with Gasteiger partial charge in [0.1, 0.15) is 0 Å². The minimum absolute atomic E-state index is 0.120. The first-order valence-corrected chi connectivity index (χ1v) is 7.38. The van der Waals surface area contributed by atoms with Gasteiger partial charge in [-0.05, 0) is 38.6 Å². The predicted octanol–water partition coefficient (Wildman–Crippen LogP) is 3.30. The molecule has 102 valence electrons. The summed E-state index contributed by atoms with van der Waals surface area (Å²) in [6.07, 6.45) is 7.61. The molecule has 0 amide bonds. The number of hydrogen-bond acceptors (Lipinski definition) is 2. The molecule has 0 aromatic rings. The summed E-state index contributed by atoms with van der Waals surface area (Å²) < 4.78 is 0. The third kappa shape index (κ3) is 3.96. The van der Waals surface area contributed by atoms with Crippen LogP contribution in [0.4, 0.5) is 0 Å². The van der Waals surface area contributed by atoms with Crippen LogP contribution in [0.1, 0.15) is 59.3 Å². The zero-order valence-corrected chi connectivity index (χ0v) is 12.2. The Kier molecular flexibility index (Phi) is 5.94. The van der Waals surface area contributed by atoms with Gasteiger partial charge < -0.3 is 10.0 Å². The molecule has 1 N–H and O–H groups in total. The zero-order valence-electron chi connectivity index (χ0n) is 12.2. The van der Waals surface area contributed by atoms with E-state index in [0.29, 0.717) is 6.61 Å². The third-order valence-electron chi connectivity index (χ3n) is 4.95. The van der Waals surface area contributed by atoms with Crippen molar-refractivity contribution in [3.63, 3.8) is 0 Å². The highest BCUT2D eigenvalue weighted by atomic mass is 16.3. The summed E-state index contributed by atoms with van der Waals surface area (Å²) in [7, 11) is 2.25. The largest absolute Gasteiger partial charge is 0.396 e. The maximum absolute atomic E-state index is 9.65. The number of hydrogen-bond donors (Lipinski definition) is 1. The van der Waals surface area contributed by atoms with Gasteiger partial charge in [0.25, 0.3) is 0 Å². The van der Waals surface area contributed by atoms with Crippen molar-refractivity contribution in [2.24, 2.45) is 11.3 Å². The van der Waals surface area contributed by atoms with Crippen LogP contribution in [0.3, 0.4) is 0 Å². The van der Waals surface area contributed by atoms with Gasteiger partial charge in [-0.15, -0.1) is 0 Å². The van der Waals surface area contributed by atoms with E-state index in [0.717, 1.165) is 31.3 Å². The van der Waals surface area contributed by atoms with Crippen LogP contribution in [0.5, 0.6) is 0 Å². The number of nitrogens with zero attached hydrogens (tertiary/aromatic N) is 1. The van der Waals surface area contributed by atoms with Gasteiger partial charge in [-0.25, -0.2) is 0 Å². The lowest BCUT2D eigenvalue weighted by atomic mass is 9.81. The minimum atomic E-state index is 0.120. The Labute approximate surface area is 107 Å². The SMILES string of the molecule is CCC(CC)(CO)CN(C)C1CCCC(C)C1. The first kappa shape index (κ1) is 15.0. The average Bonchev–Trinajstić information content (AvgIpc) is 2.36. The van der Waals surface area contributed by atoms with Crippen molar-refractivity contribution in [2.45, 2.75) is 65.3 Å². The first-order chi connectivity index (χ1) is 8.06. The van der Waals surface area contributed by atoms with E-state index in [-0.39, 0.29) is 5.41 Å². The second-order valence-electron chi connectivity index (χ2n) is 6.21. The molecule has 1 fully saturated rings. The van der Waals surface area contributed by atoms with Crippen LogP contribution >= 0.6 is 0 Å². The second-order valence-corrected chi connectivity index (χ2v) is 6.21. The lowest BCUT2D eigenvalue weighted by Gasteiger charge is -2.40. The molecule has 0 saturated heterocycles. The van der Waals surface area contributed by atoms with Crippen LogP contribution in [0, 0.1) is 11.3 Å². The lowest BCUT2D eigenvalue weighted by Crippen LogP contribution is -2.44. The fraction of sp³-hybridized carbons (Fsp3) is 1.00. The molecule has 2 unspecified atom stereocenters. The van der Waals surface area contributed by atoms with Crippen LogP contribution in [-0.4, -0.2) is 36.2 Å². The summed E-state index contributed by atoms with van der Waals surface area (Å²) in [6, 6.07) is 0.739. The number of aliphatic hydroxyl groups is 1. The van der Waals surface area contributed by atoms with Gasteiger partial charge in [-0.1, -0.05) is 33.6 Å². The maximum atomic E-state index is 9.65. The van der Waals surface area contributed by atoms with Crippen LogP contribution in [0.2, 0.25) is 0 Å². The average molecular weight is 241 g/mol. The van der Waals surface area contributed by atoms with Gasteiger partial charge in [0.15, 0.2) is 0 Å². The van der Waals surface area contributed by atoms with Crippen molar-refractivity contribution in [1.29, 1.82) is 0 Å². The van der Waals surface area contributed by atoms with E-state index in [4.69, 9.17) is 0 Å². The summed E-state index contributed by atoms with van der Waals surface area (Å²) >= 11 is 0. The molecule has 0 radical (unpaired) electrons. The van der Waals surface area contributed by atoms with E-state index in [2.05, 4.69) is 32.7 Å². The summed E-state index contributed by atoms with van der Waals surface area (Å²) in [5.41, 5.74) is 0.120. The van der Waals surface area contributed by atoms with Gasteiger partial charge in [-0.2, -0.15) is 0 Å². The van der Waals surface area contributed by atoms with E-state index in [1.54, 1.807) is 0 Å². The molecule has 0 bridgehead atoms. The van der Waals surface area contributed by atoms with Crippen molar-refractivity contribution in [2.75, 3.05) is 20.2 Å². The lowest BCUT2D eigenvalue weighted by molar-refractivity contribution is 0.0466. The fourth-order valence-corrected chi connectivity index (χ4v) is 3.21. The third-order valence-corrected chi connectivity index (χ3v) is 4.95. The summed E-state index contributed by atoms with van der Waals surface area (Å²) in [6.45, 7) is 8.16. The van der Waals surface area contributed by atoms with Crippen molar-refractivity contribution >= 4 is 0 Å². The number of aliphatic hydroxyl groups excluding tert-OH is 1. The van der Waals surface area contributed by atoms with E-state index >= 15 is 0 Å². The minimum Gasteiger partial charge on any atom is -0.396 e. The molecule has 0 spiro atoms. The van der Waals surface area contributed by atoms with Crippen LogP contribution in [0.15, 0.2) is 0 Å². The Morgan fingerprint density at radius 2 is 1.88 bits per heavy atom. The normalized spacial score (nSPS) is 26.5. The van der Waals surface area contributed by atoms with Gasteiger partial charge >= 0.3 is 0 Å². The van der Waals surface area contributed by atoms with Gasteiger partial charge in [0.2, 0.25) is 0 Å². The Hall–Kier alpha value is -0.0800. The monoisotopic (exact) mass is 241 g/mol. The fourth-order valence-electron chi connectivity index (χ4n) is 3.21. The van der Waals surface area contributed by atoms with Crippen molar-refractivity contribution in [3.8, 4) is 0 Å². The highest BCUT2D eigenvalue weighted by Crippen LogP contribution is 2.31. The summed E-state index contributed by atoms with van der Waals surface area (Å²) in [5.74, 6) is 0.878. The quantitative estimate of drug-likeness (QED) is 0.771. The van der Waals surface area contributed by atoms with Gasteiger partial charge in [0, 0.05) is 24.6 Å². The zero-order chi connectivity index (χ0) is 12.9. The summed E-state index contributed by atoms with van der Waals surface area (Å²) in [5, 5.41) is 9.65. The Bertz CT molecular complexity index is 205. The predicted molar refractivity (Wildman–Crippen MR) is 74.2 cm³/mol. The van der Waals surface area contributed by atoms with Crippen molar-refractivity contribution in [3.05, 3.63) is 0 Å². The Morgan fingerprint density at radius 3 is 2.35 bits per heavy atom. The molecular weight excluding hydrogens is 210 g/mol. The topological polar surface area (TPSA) is 23.5 Å². The highest BCUT2D eigenvalue weighted by Gasteiger charge is 2.30. The highest BCUT2D eigenvalue weighted by molar-refractivity contribution is 4.84. The number of rotatable bonds is 6. The first-order valence-electron chi connectivity index (χ1n) is 7.38. The Balaban J connectivity index is 2.54. The standard InChI is InChI=1S/C15H31NO/c1-5-15(6-2,12-17)11-16(4)14-9-7-8-13(3)10-14/h13-14,17H,5-12H2,1-4H3. The molecule has 2 nitrogen and oxygen atoms in total. The molecule has 1 saturated carbocycles. The second kappa shape index (κ2) is 6.75. The van der Waals surface area contributed by atoms with Crippen LogP contribution < -0.4 is 0 Å². The molecule has 1 aliphatic rings. The molecule has 0 aliphatic heterocycles. The molecule has 1 aliphatic carbocycles. The molecule has 0 aromatic heterocycles. The molecule has 0 heterocycles. The van der Waals surface area contributed by atoms with Gasteiger partial charge in [-0.3, -0.25) is 0 Å². The maximum Gasteiger partial charge on any atom is 0.0499 e.